The number of aliphatic hydroxyl groups excluding tert-OH is 1. The number of aliphatic hydroxyl groups is 1. The van der Waals surface area contributed by atoms with Crippen molar-refractivity contribution >= 4 is 15.5 Å². The highest BCUT2D eigenvalue weighted by atomic mass is 32.2. The van der Waals surface area contributed by atoms with Gasteiger partial charge in [-0.25, -0.2) is 8.42 Å². The van der Waals surface area contributed by atoms with E-state index in [4.69, 9.17) is 0 Å². The Morgan fingerprint density at radius 3 is 2.36 bits per heavy atom. The first kappa shape index (κ1) is 25.8. The normalized spacial score (nSPS) is 24.1. The van der Waals surface area contributed by atoms with Gasteiger partial charge >= 0.3 is 0 Å². The number of hydrogen-bond donors (Lipinski definition) is 2. The van der Waals surface area contributed by atoms with Crippen LogP contribution >= 0.6 is 0 Å². The first-order valence-electron chi connectivity index (χ1n) is 12.7. The zero-order valence-electron chi connectivity index (χ0n) is 20.5. The van der Waals surface area contributed by atoms with Gasteiger partial charge in [0.05, 0.1) is 16.8 Å². The van der Waals surface area contributed by atoms with Gasteiger partial charge in [0, 0.05) is 23.6 Å². The molecule has 2 aromatic carbocycles. The molecule has 0 amide bonds. The number of sulfone groups is 1. The molecule has 1 heterocycles. The van der Waals surface area contributed by atoms with E-state index < -0.39 is 21.4 Å². The van der Waals surface area contributed by atoms with Gasteiger partial charge in [-0.05, 0) is 48.6 Å². The first-order valence-corrected chi connectivity index (χ1v) is 14.4. The molecule has 0 saturated carbocycles. The van der Waals surface area contributed by atoms with Crippen molar-refractivity contribution in [3.05, 3.63) is 59.7 Å². The van der Waals surface area contributed by atoms with Gasteiger partial charge in [0.1, 0.15) is 0 Å². The van der Waals surface area contributed by atoms with Crippen LogP contribution < -0.4 is 5.32 Å². The molecule has 4 nitrogen and oxygen atoms in total. The summed E-state index contributed by atoms with van der Waals surface area (Å²) in [5, 5.41) is 15.4. The van der Waals surface area contributed by atoms with Gasteiger partial charge in [-0.15, -0.1) is 0 Å². The summed E-state index contributed by atoms with van der Waals surface area (Å²) in [5.41, 5.74) is 1.95. The number of benzene rings is 2. The first-order chi connectivity index (χ1) is 15.9. The van der Waals surface area contributed by atoms with Crippen molar-refractivity contribution in [2.45, 2.75) is 89.1 Å². The average Bonchev–Trinajstić information content (AvgIpc) is 2.89. The summed E-state index contributed by atoms with van der Waals surface area (Å²) in [6.07, 6.45) is 7.15. The van der Waals surface area contributed by atoms with Crippen molar-refractivity contribution in [3.8, 4) is 0 Å². The Kier molecular flexibility index (Phi) is 9.00. The summed E-state index contributed by atoms with van der Waals surface area (Å²) in [5.74, 6) is -0.380. The molecule has 3 atom stereocenters. The summed E-state index contributed by atoms with van der Waals surface area (Å²) < 4.78 is 27.3. The molecule has 2 unspecified atom stereocenters. The van der Waals surface area contributed by atoms with Crippen molar-refractivity contribution in [3.63, 3.8) is 0 Å². The van der Waals surface area contributed by atoms with Crippen LogP contribution in [0.5, 0.6) is 0 Å². The third-order valence-corrected chi connectivity index (χ3v) is 9.35. The highest BCUT2D eigenvalue weighted by Gasteiger charge is 2.48. The molecule has 0 radical (unpaired) electrons. The highest BCUT2D eigenvalue weighted by Crippen LogP contribution is 2.49. The summed E-state index contributed by atoms with van der Waals surface area (Å²) >= 11 is 0. The fourth-order valence-corrected chi connectivity index (χ4v) is 7.55. The zero-order valence-corrected chi connectivity index (χ0v) is 21.3. The van der Waals surface area contributed by atoms with E-state index in [1.807, 2.05) is 49.4 Å². The number of anilines is 1. The van der Waals surface area contributed by atoms with Crippen molar-refractivity contribution < 1.29 is 13.5 Å². The molecule has 0 spiro atoms. The SMILES string of the molecule is CCCCCCNc1ccc2c(c1)C(c1ccccc1)C(O)[C@](CC)(CCCC)CS2(=O)=O. The fraction of sp³-hybridized carbons (Fsp3) is 0.571. The van der Waals surface area contributed by atoms with Gasteiger partial charge in [-0.3, -0.25) is 0 Å². The van der Waals surface area contributed by atoms with Crippen molar-refractivity contribution in [1.29, 1.82) is 0 Å². The van der Waals surface area contributed by atoms with Crippen LogP contribution in [0.3, 0.4) is 0 Å². The van der Waals surface area contributed by atoms with Crippen LogP contribution in [0, 0.1) is 5.41 Å². The van der Waals surface area contributed by atoms with Crippen LogP contribution in [0.4, 0.5) is 5.69 Å². The lowest BCUT2D eigenvalue weighted by molar-refractivity contribution is 0.0174. The van der Waals surface area contributed by atoms with Gasteiger partial charge in [-0.2, -0.15) is 0 Å². The molecule has 1 aliphatic rings. The smallest absolute Gasteiger partial charge is 0.179 e. The maximum atomic E-state index is 13.7. The van der Waals surface area contributed by atoms with Crippen LogP contribution in [-0.2, 0) is 9.84 Å². The minimum Gasteiger partial charge on any atom is -0.392 e. The quantitative estimate of drug-likeness (QED) is 0.365. The molecule has 2 aromatic rings. The third-order valence-electron chi connectivity index (χ3n) is 7.35. The molecule has 3 rings (SSSR count). The second-order valence-corrected chi connectivity index (χ2v) is 11.6. The molecule has 0 aliphatic carbocycles. The standard InChI is InChI=1S/C28H41NO3S/c1-4-7-9-13-19-29-23-16-17-25-24(20-23)26(22-14-11-10-12-15-22)27(30)28(6-3,18-8-5-2)21-33(25,31)32/h10-12,14-17,20,26-27,29-30H,4-9,13,18-19,21H2,1-3H3/t26?,27?,28-/m1/s1. The van der Waals surface area contributed by atoms with E-state index in [1.165, 1.54) is 19.3 Å². The molecule has 182 valence electrons. The van der Waals surface area contributed by atoms with Crippen LogP contribution in [0.25, 0.3) is 0 Å². The van der Waals surface area contributed by atoms with Crippen LogP contribution in [0.2, 0.25) is 0 Å². The summed E-state index contributed by atoms with van der Waals surface area (Å²) in [7, 11) is -3.54. The van der Waals surface area contributed by atoms with E-state index in [1.54, 1.807) is 6.07 Å². The molecule has 0 aromatic heterocycles. The van der Waals surface area contributed by atoms with E-state index >= 15 is 0 Å². The van der Waals surface area contributed by atoms with Crippen molar-refractivity contribution in [2.75, 3.05) is 17.6 Å². The summed E-state index contributed by atoms with van der Waals surface area (Å²) in [4.78, 5) is 0.374. The molecule has 5 heteroatoms. The topological polar surface area (TPSA) is 66.4 Å². The van der Waals surface area contributed by atoms with Crippen LogP contribution in [0.15, 0.2) is 53.4 Å². The predicted molar refractivity (Wildman–Crippen MR) is 138 cm³/mol. The minimum atomic E-state index is -3.54. The van der Waals surface area contributed by atoms with E-state index in [9.17, 15) is 13.5 Å². The lowest BCUT2D eigenvalue weighted by Gasteiger charge is -2.39. The Morgan fingerprint density at radius 2 is 1.70 bits per heavy atom. The Bertz CT molecular complexity index is 989. The molecule has 33 heavy (non-hydrogen) atoms. The maximum Gasteiger partial charge on any atom is 0.179 e. The van der Waals surface area contributed by atoms with Crippen molar-refractivity contribution in [2.24, 2.45) is 5.41 Å². The molecule has 0 saturated heterocycles. The lowest BCUT2D eigenvalue weighted by Crippen LogP contribution is -2.42. The number of rotatable bonds is 11. The third kappa shape index (κ3) is 5.81. The van der Waals surface area contributed by atoms with Gasteiger partial charge in [-0.1, -0.05) is 83.2 Å². The lowest BCUT2D eigenvalue weighted by atomic mass is 9.69. The van der Waals surface area contributed by atoms with Crippen molar-refractivity contribution in [1.82, 2.24) is 0 Å². The predicted octanol–water partition coefficient (Wildman–Crippen LogP) is 6.55. The van der Waals surface area contributed by atoms with Crippen LogP contribution in [-0.4, -0.2) is 31.9 Å². The second kappa shape index (κ2) is 11.5. The second-order valence-electron chi connectivity index (χ2n) is 9.65. The summed E-state index contributed by atoms with van der Waals surface area (Å²) in [6.45, 7) is 7.20. The highest BCUT2D eigenvalue weighted by molar-refractivity contribution is 7.91. The number of hydrogen-bond acceptors (Lipinski definition) is 4. The van der Waals surface area contributed by atoms with Crippen LogP contribution in [0.1, 0.15) is 89.2 Å². The van der Waals surface area contributed by atoms with E-state index in [2.05, 4.69) is 19.2 Å². The Balaban J connectivity index is 2.08. The summed E-state index contributed by atoms with van der Waals surface area (Å²) in [6, 6.07) is 15.5. The average molecular weight is 472 g/mol. The molecule has 0 fully saturated rings. The molecular weight excluding hydrogens is 430 g/mol. The fourth-order valence-electron chi connectivity index (χ4n) is 5.29. The molecule has 1 aliphatic heterocycles. The van der Waals surface area contributed by atoms with E-state index in [0.717, 1.165) is 42.6 Å². The van der Waals surface area contributed by atoms with E-state index in [0.29, 0.717) is 17.7 Å². The monoisotopic (exact) mass is 471 g/mol. The zero-order chi connectivity index (χ0) is 23.9. The van der Waals surface area contributed by atoms with Gasteiger partial charge in [0.2, 0.25) is 0 Å². The maximum absolute atomic E-state index is 13.7. The Morgan fingerprint density at radius 1 is 0.970 bits per heavy atom. The number of fused-ring (bicyclic) bond motifs is 1. The van der Waals surface area contributed by atoms with Gasteiger partial charge in [0.15, 0.2) is 9.84 Å². The number of nitrogens with one attached hydrogen (secondary N) is 1. The Hall–Kier alpha value is -1.85. The van der Waals surface area contributed by atoms with Gasteiger partial charge < -0.3 is 10.4 Å². The molecule has 0 bridgehead atoms. The largest absolute Gasteiger partial charge is 0.392 e. The van der Waals surface area contributed by atoms with Gasteiger partial charge in [0.25, 0.3) is 0 Å². The number of unbranched alkanes of at least 4 members (excludes halogenated alkanes) is 4. The van der Waals surface area contributed by atoms with E-state index in [-0.39, 0.29) is 11.7 Å². The Labute approximate surface area is 200 Å². The molecular formula is C28H41NO3S. The minimum absolute atomic E-state index is 0.00219. The molecule has 2 N–H and O–H groups in total.